The Morgan fingerprint density at radius 2 is 1.93 bits per heavy atom. The molecule has 28 heavy (non-hydrogen) atoms. The molecular weight excluding hydrogens is 352 g/mol. The Kier molecular flexibility index (Phi) is 4.49. The SMILES string of the molecule is CC(=O)Nc1ccn2c(-c3cccc(N(C)C)c3)c(-c3ccccn3)nc2n1. The Balaban J connectivity index is 1.97. The first kappa shape index (κ1) is 17.7. The largest absolute Gasteiger partial charge is 0.378 e. The number of pyridine rings is 1. The maximum Gasteiger partial charge on any atom is 0.236 e. The van der Waals surface area contributed by atoms with Crippen LogP contribution in [-0.2, 0) is 4.79 Å². The number of hydrogen-bond acceptors (Lipinski definition) is 5. The molecule has 0 unspecified atom stereocenters. The average Bonchev–Trinajstić information content (AvgIpc) is 3.07. The fraction of sp³-hybridized carbons (Fsp3) is 0.143. The molecule has 0 aliphatic heterocycles. The number of rotatable bonds is 4. The van der Waals surface area contributed by atoms with Crippen molar-refractivity contribution in [1.29, 1.82) is 0 Å². The van der Waals surface area contributed by atoms with Gasteiger partial charge in [0.1, 0.15) is 11.5 Å². The number of benzene rings is 1. The number of nitrogens with zero attached hydrogens (tertiary/aromatic N) is 5. The third-order valence-electron chi connectivity index (χ3n) is 4.34. The lowest BCUT2D eigenvalue weighted by Crippen LogP contribution is -2.08. The van der Waals surface area contributed by atoms with Gasteiger partial charge in [-0.15, -0.1) is 0 Å². The van der Waals surface area contributed by atoms with Crippen molar-refractivity contribution in [2.75, 3.05) is 24.3 Å². The predicted octanol–water partition coefficient (Wildman–Crippen LogP) is 3.48. The van der Waals surface area contributed by atoms with E-state index in [9.17, 15) is 4.79 Å². The van der Waals surface area contributed by atoms with E-state index in [0.717, 1.165) is 28.3 Å². The highest BCUT2D eigenvalue weighted by Gasteiger charge is 2.18. The Morgan fingerprint density at radius 1 is 1.07 bits per heavy atom. The van der Waals surface area contributed by atoms with Gasteiger partial charge in [-0.25, -0.2) is 4.98 Å². The van der Waals surface area contributed by atoms with Crippen LogP contribution in [-0.4, -0.2) is 39.4 Å². The van der Waals surface area contributed by atoms with Crippen molar-refractivity contribution in [3.05, 3.63) is 60.9 Å². The number of carbonyl (C=O) groups excluding carboxylic acids is 1. The number of nitrogens with one attached hydrogen (secondary N) is 1. The summed E-state index contributed by atoms with van der Waals surface area (Å²) in [6.45, 7) is 1.45. The number of hydrogen-bond donors (Lipinski definition) is 1. The quantitative estimate of drug-likeness (QED) is 0.594. The van der Waals surface area contributed by atoms with E-state index in [2.05, 4.69) is 32.3 Å². The summed E-state index contributed by atoms with van der Waals surface area (Å²) in [6.07, 6.45) is 3.61. The van der Waals surface area contributed by atoms with Gasteiger partial charge in [-0.2, -0.15) is 4.98 Å². The van der Waals surface area contributed by atoms with E-state index in [0.29, 0.717) is 11.6 Å². The van der Waals surface area contributed by atoms with E-state index in [1.807, 2.05) is 55.0 Å². The summed E-state index contributed by atoms with van der Waals surface area (Å²) in [5, 5.41) is 2.70. The number of anilines is 2. The molecule has 0 spiro atoms. The van der Waals surface area contributed by atoms with Gasteiger partial charge in [0.2, 0.25) is 11.7 Å². The Hall–Kier alpha value is -3.74. The molecule has 3 heterocycles. The molecule has 1 amide bonds. The van der Waals surface area contributed by atoms with Crippen LogP contribution < -0.4 is 10.2 Å². The van der Waals surface area contributed by atoms with Crippen molar-refractivity contribution in [3.8, 4) is 22.6 Å². The molecule has 0 fully saturated rings. The molecule has 7 nitrogen and oxygen atoms in total. The Bertz CT molecular complexity index is 1150. The molecule has 0 aliphatic carbocycles. The molecule has 4 rings (SSSR count). The van der Waals surface area contributed by atoms with Gasteiger partial charge in [0, 0.05) is 44.7 Å². The van der Waals surface area contributed by atoms with Gasteiger partial charge in [-0.1, -0.05) is 18.2 Å². The van der Waals surface area contributed by atoms with Crippen molar-refractivity contribution >= 4 is 23.2 Å². The second-order valence-electron chi connectivity index (χ2n) is 6.63. The van der Waals surface area contributed by atoms with Crippen LogP contribution in [0.5, 0.6) is 0 Å². The monoisotopic (exact) mass is 372 g/mol. The van der Waals surface area contributed by atoms with Gasteiger partial charge in [-0.05, 0) is 30.3 Å². The van der Waals surface area contributed by atoms with Gasteiger partial charge >= 0.3 is 0 Å². The lowest BCUT2D eigenvalue weighted by molar-refractivity contribution is -0.114. The molecule has 140 valence electrons. The molecule has 7 heteroatoms. The van der Waals surface area contributed by atoms with Crippen LogP contribution in [0.3, 0.4) is 0 Å². The standard InChI is InChI=1S/C21H20N6O/c1-14(28)23-18-10-12-27-20(15-7-6-8-16(13-15)26(2)3)19(25-21(27)24-18)17-9-4-5-11-22-17/h4-13H,1-3H3,(H,23,24,25,28). The molecule has 0 bridgehead atoms. The Labute approximate surface area is 162 Å². The van der Waals surface area contributed by atoms with E-state index in [-0.39, 0.29) is 5.91 Å². The number of carbonyl (C=O) groups is 1. The Morgan fingerprint density at radius 3 is 2.64 bits per heavy atom. The normalized spacial score (nSPS) is 10.8. The highest BCUT2D eigenvalue weighted by Crippen LogP contribution is 2.33. The van der Waals surface area contributed by atoms with Crippen molar-refractivity contribution in [1.82, 2.24) is 19.4 Å². The summed E-state index contributed by atoms with van der Waals surface area (Å²) >= 11 is 0. The maximum absolute atomic E-state index is 11.4. The molecule has 4 aromatic rings. The minimum atomic E-state index is -0.174. The summed E-state index contributed by atoms with van der Waals surface area (Å²) in [7, 11) is 4.02. The van der Waals surface area contributed by atoms with Crippen LogP contribution in [0.15, 0.2) is 60.9 Å². The molecule has 0 aliphatic rings. The minimum Gasteiger partial charge on any atom is -0.378 e. The van der Waals surface area contributed by atoms with Crippen molar-refractivity contribution < 1.29 is 4.79 Å². The fourth-order valence-corrected chi connectivity index (χ4v) is 3.07. The van der Waals surface area contributed by atoms with E-state index in [1.54, 1.807) is 12.3 Å². The molecule has 3 aromatic heterocycles. The van der Waals surface area contributed by atoms with Crippen LogP contribution in [0.25, 0.3) is 28.4 Å². The van der Waals surface area contributed by atoms with Crippen LogP contribution in [0.4, 0.5) is 11.5 Å². The van der Waals surface area contributed by atoms with Gasteiger partial charge in [0.05, 0.1) is 11.4 Å². The molecule has 0 saturated heterocycles. The second kappa shape index (κ2) is 7.11. The van der Waals surface area contributed by atoms with E-state index >= 15 is 0 Å². The summed E-state index contributed by atoms with van der Waals surface area (Å²) < 4.78 is 1.92. The fourth-order valence-electron chi connectivity index (χ4n) is 3.07. The molecule has 1 N–H and O–H groups in total. The molecule has 0 saturated carbocycles. The highest BCUT2D eigenvalue weighted by atomic mass is 16.1. The molecule has 0 radical (unpaired) electrons. The number of imidazole rings is 1. The number of fused-ring (bicyclic) bond motifs is 1. The molecule has 0 atom stereocenters. The van der Waals surface area contributed by atoms with Crippen LogP contribution in [0.1, 0.15) is 6.92 Å². The van der Waals surface area contributed by atoms with Gasteiger partial charge < -0.3 is 10.2 Å². The lowest BCUT2D eigenvalue weighted by Gasteiger charge is -2.14. The van der Waals surface area contributed by atoms with E-state index in [1.165, 1.54) is 6.92 Å². The zero-order valence-corrected chi connectivity index (χ0v) is 15.9. The molecule has 1 aromatic carbocycles. The van der Waals surface area contributed by atoms with E-state index < -0.39 is 0 Å². The first-order valence-corrected chi connectivity index (χ1v) is 8.89. The van der Waals surface area contributed by atoms with Crippen molar-refractivity contribution in [3.63, 3.8) is 0 Å². The van der Waals surface area contributed by atoms with E-state index in [4.69, 9.17) is 4.98 Å². The van der Waals surface area contributed by atoms with Crippen LogP contribution >= 0.6 is 0 Å². The predicted molar refractivity (Wildman–Crippen MR) is 110 cm³/mol. The van der Waals surface area contributed by atoms with Crippen LogP contribution in [0, 0.1) is 0 Å². The van der Waals surface area contributed by atoms with Gasteiger partial charge in [0.15, 0.2) is 0 Å². The first-order chi connectivity index (χ1) is 13.5. The number of amides is 1. The summed E-state index contributed by atoms with van der Waals surface area (Å²) in [5.74, 6) is 0.788. The van der Waals surface area contributed by atoms with Crippen molar-refractivity contribution in [2.24, 2.45) is 0 Å². The summed E-state index contributed by atoms with van der Waals surface area (Å²) in [4.78, 5) is 27.1. The highest BCUT2D eigenvalue weighted by molar-refractivity contribution is 5.88. The van der Waals surface area contributed by atoms with Crippen LogP contribution in [0.2, 0.25) is 0 Å². The van der Waals surface area contributed by atoms with Gasteiger partial charge in [0.25, 0.3) is 0 Å². The maximum atomic E-state index is 11.4. The third-order valence-corrected chi connectivity index (χ3v) is 4.34. The summed E-state index contributed by atoms with van der Waals surface area (Å²) in [6, 6.07) is 15.7. The zero-order chi connectivity index (χ0) is 19.7. The third kappa shape index (κ3) is 3.29. The van der Waals surface area contributed by atoms with Gasteiger partial charge in [-0.3, -0.25) is 14.2 Å². The zero-order valence-electron chi connectivity index (χ0n) is 15.9. The first-order valence-electron chi connectivity index (χ1n) is 8.89. The lowest BCUT2D eigenvalue weighted by atomic mass is 10.1. The summed E-state index contributed by atoms with van der Waals surface area (Å²) in [5.41, 5.74) is 4.50. The average molecular weight is 372 g/mol. The number of aromatic nitrogens is 4. The minimum absolute atomic E-state index is 0.174. The topological polar surface area (TPSA) is 75.4 Å². The second-order valence-corrected chi connectivity index (χ2v) is 6.63. The smallest absolute Gasteiger partial charge is 0.236 e. The van der Waals surface area contributed by atoms with Crippen molar-refractivity contribution in [2.45, 2.75) is 6.92 Å². The molecular formula is C21H20N6O.